The molecule has 1 heteroatoms. The average Bonchev–Trinajstić information content (AvgIpc) is 2.36. The number of fused-ring (bicyclic) bond motifs is 5. The minimum atomic E-state index is 0.435. The molecule has 1 N–H and O–H groups in total. The molecule has 3 aliphatic rings. The van der Waals surface area contributed by atoms with Crippen LogP contribution in [0.15, 0.2) is 12.2 Å². The number of rotatable bonds is 1. The van der Waals surface area contributed by atoms with Crippen LogP contribution >= 0.6 is 0 Å². The van der Waals surface area contributed by atoms with E-state index in [0.29, 0.717) is 12.5 Å². The normalized spacial score (nSPS) is 61.1. The summed E-state index contributed by atoms with van der Waals surface area (Å²) in [6.07, 6.45) is 6.12. The fraction of sp³-hybridized carbons (Fsp3) is 0.778. The lowest BCUT2D eigenvalue weighted by molar-refractivity contribution is 0.247. The number of hydrogen-bond acceptors (Lipinski definition) is 1. The minimum absolute atomic E-state index is 0.435. The topological polar surface area (TPSA) is 20.2 Å². The third kappa shape index (κ3) is 0.420. The summed E-state index contributed by atoms with van der Waals surface area (Å²) >= 11 is 0. The second-order valence-corrected chi connectivity index (χ2v) is 3.95. The Kier molecular flexibility index (Phi) is 0.791. The zero-order valence-corrected chi connectivity index (χ0v) is 5.90. The average molecular weight is 136 g/mol. The molecule has 2 bridgehead atoms. The molecular formula is C9H12O. The first-order valence-corrected chi connectivity index (χ1v) is 4.21. The molecule has 0 aliphatic heterocycles. The van der Waals surface area contributed by atoms with E-state index in [2.05, 4.69) is 12.2 Å². The van der Waals surface area contributed by atoms with Crippen molar-refractivity contribution in [2.24, 2.45) is 29.6 Å². The highest BCUT2D eigenvalue weighted by molar-refractivity contribution is 5.23. The first kappa shape index (κ1) is 5.36. The van der Waals surface area contributed by atoms with E-state index < -0.39 is 0 Å². The second kappa shape index (κ2) is 1.48. The van der Waals surface area contributed by atoms with Crippen molar-refractivity contribution < 1.29 is 5.11 Å². The molecule has 4 atom stereocenters. The van der Waals surface area contributed by atoms with Crippen molar-refractivity contribution >= 4 is 0 Å². The summed E-state index contributed by atoms with van der Waals surface area (Å²) in [7, 11) is 0. The van der Waals surface area contributed by atoms with Gasteiger partial charge in [0.05, 0.1) is 0 Å². The molecule has 0 aromatic heterocycles. The van der Waals surface area contributed by atoms with Gasteiger partial charge in [0.15, 0.2) is 0 Å². The van der Waals surface area contributed by atoms with Crippen molar-refractivity contribution in [1.29, 1.82) is 0 Å². The lowest BCUT2D eigenvalue weighted by Gasteiger charge is -2.04. The first-order chi connectivity index (χ1) is 4.92. The molecule has 0 spiro atoms. The van der Waals surface area contributed by atoms with Crippen molar-refractivity contribution in [3.05, 3.63) is 12.2 Å². The van der Waals surface area contributed by atoms with Gasteiger partial charge in [0.2, 0.25) is 0 Å². The van der Waals surface area contributed by atoms with Gasteiger partial charge in [-0.25, -0.2) is 0 Å². The Labute approximate surface area is 60.7 Å². The first-order valence-electron chi connectivity index (χ1n) is 4.21. The monoisotopic (exact) mass is 136 g/mol. The standard InChI is InChI=1S/C9H12O/c10-4-7-8-5-1-2-6(3-5)9(7)8/h1-2,5-10H,3-4H2. The molecule has 3 rings (SSSR count). The molecule has 3 aliphatic carbocycles. The van der Waals surface area contributed by atoms with Crippen LogP contribution in [-0.2, 0) is 0 Å². The van der Waals surface area contributed by atoms with Crippen LogP contribution in [0.3, 0.4) is 0 Å². The lowest BCUT2D eigenvalue weighted by Crippen LogP contribution is -2.01. The number of allylic oxidation sites excluding steroid dienone is 2. The maximum absolute atomic E-state index is 8.95. The Morgan fingerprint density at radius 2 is 1.80 bits per heavy atom. The molecule has 2 saturated carbocycles. The van der Waals surface area contributed by atoms with Crippen LogP contribution in [0, 0.1) is 29.6 Å². The van der Waals surface area contributed by atoms with E-state index in [1.165, 1.54) is 6.42 Å². The number of aliphatic hydroxyl groups is 1. The van der Waals surface area contributed by atoms with Gasteiger partial charge in [-0.15, -0.1) is 0 Å². The fourth-order valence-corrected chi connectivity index (χ4v) is 3.21. The van der Waals surface area contributed by atoms with Gasteiger partial charge in [-0.2, -0.15) is 0 Å². The van der Waals surface area contributed by atoms with Gasteiger partial charge in [0.25, 0.3) is 0 Å². The van der Waals surface area contributed by atoms with E-state index in [9.17, 15) is 0 Å². The Bertz CT molecular complexity index is 179. The maximum Gasteiger partial charge on any atom is 0.0465 e. The van der Waals surface area contributed by atoms with Crippen LogP contribution < -0.4 is 0 Å². The molecule has 0 saturated heterocycles. The molecule has 0 aromatic rings. The fourth-order valence-electron chi connectivity index (χ4n) is 3.21. The summed E-state index contributed by atoms with van der Waals surface area (Å²) < 4.78 is 0. The predicted molar refractivity (Wildman–Crippen MR) is 38.3 cm³/mol. The van der Waals surface area contributed by atoms with Crippen LogP contribution in [0.2, 0.25) is 0 Å². The SMILES string of the molecule is OCC1C2C3C=CC(C3)C12. The molecule has 0 amide bonds. The van der Waals surface area contributed by atoms with Gasteiger partial charge in [0.1, 0.15) is 0 Å². The van der Waals surface area contributed by atoms with Crippen LogP contribution in [0.25, 0.3) is 0 Å². The summed E-state index contributed by atoms with van der Waals surface area (Å²) in [5.74, 6) is 4.16. The third-order valence-corrected chi connectivity index (χ3v) is 3.64. The molecule has 0 radical (unpaired) electrons. The molecule has 0 aromatic carbocycles. The summed E-state index contributed by atoms with van der Waals surface area (Å²) in [4.78, 5) is 0. The highest BCUT2D eigenvalue weighted by atomic mass is 16.3. The lowest BCUT2D eigenvalue weighted by atomic mass is 10.0. The van der Waals surface area contributed by atoms with Gasteiger partial charge in [0, 0.05) is 6.61 Å². The number of hydrogen-bond donors (Lipinski definition) is 1. The molecule has 2 fully saturated rings. The summed E-state index contributed by atoms with van der Waals surface area (Å²) in [5, 5.41) is 8.95. The van der Waals surface area contributed by atoms with Crippen LogP contribution in [0.5, 0.6) is 0 Å². The zero-order chi connectivity index (χ0) is 6.72. The molecule has 0 heterocycles. The van der Waals surface area contributed by atoms with Crippen molar-refractivity contribution in [3.8, 4) is 0 Å². The van der Waals surface area contributed by atoms with Crippen LogP contribution in [0.1, 0.15) is 6.42 Å². The summed E-state index contributed by atoms with van der Waals surface area (Å²) in [5.41, 5.74) is 0. The largest absolute Gasteiger partial charge is 0.396 e. The molecule has 10 heavy (non-hydrogen) atoms. The Balaban J connectivity index is 1.89. The van der Waals surface area contributed by atoms with Gasteiger partial charge >= 0.3 is 0 Å². The Morgan fingerprint density at radius 3 is 2.30 bits per heavy atom. The third-order valence-electron chi connectivity index (χ3n) is 3.64. The maximum atomic E-state index is 8.95. The second-order valence-electron chi connectivity index (χ2n) is 3.95. The Morgan fingerprint density at radius 1 is 1.20 bits per heavy atom. The summed E-state index contributed by atoms with van der Waals surface area (Å²) in [6.45, 7) is 0.435. The van der Waals surface area contributed by atoms with Crippen molar-refractivity contribution in [2.75, 3.05) is 6.61 Å². The van der Waals surface area contributed by atoms with E-state index in [-0.39, 0.29) is 0 Å². The highest BCUT2D eigenvalue weighted by Gasteiger charge is 2.62. The van der Waals surface area contributed by atoms with Crippen LogP contribution in [-0.4, -0.2) is 11.7 Å². The molecule has 4 unspecified atom stereocenters. The molecular weight excluding hydrogens is 124 g/mol. The van der Waals surface area contributed by atoms with Gasteiger partial charge in [-0.1, -0.05) is 12.2 Å². The van der Waals surface area contributed by atoms with E-state index in [1.54, 1.807) is 0 Å². The quantitative estimate of drug-likeness (QED) is 0.534. The number of aliphatic hydroxyl groups excluding tert-OH is 1. The molecule has 54 valence electrons. The highest BCUT2D eigenvalue weighted by Crippen LogP contribution is 2.66. The smallest absolute Gasteiger partial charge is 0.0465 e. The predicted octanol–water partition coefficient (Wildman–Crippen LogP) is 1.05. The van der Waals surface area contributed by atoms with Crippen LogP contribution in [0.4, 0.5) is 0 Å². The van der Waals surface area contributed by atoms with Gasteiger partial charge in [-0.05, 0) is 36.0 Å². The van der Waals surface area contributed by atoms with E-state index in [1.807, 2.05) is 0 Å². The van der Waals surface area contributed by atoms with Gasteiger partial charge in [-0.3, -0.25) is 0 Å². The minimum Gasteiger partial charge on any atom is -0.396 e. The van der Waals surface area contributed by atoms with Gasteiger partial charge < -0.3 is 5.11 Å². The Hall–Kier alpha value is -0.300. The van der Waals surface area contributed by atoms with Crippen molar-refractivity contribution in [2.45, 2.75) is 6.42 Å². The summed E-state index contributed by atoms with van der Waals surface area (Å²) in [6, 6.07) is 0. The van der Waals surface area contributed by atoms with Crippen molar-refractivity contribution in [3.63, 3.8) is 0 Å². The van der Waals surface area contributed by atoms with Crippen molar-refractivity contribution in [1.82, 2.24) is 0 Å². The van der Waals surface area contributed by atoms with E-state index in [0.717, 1.165) is 23.7 Å². The molecule has 1 nitrogen and oxygen atoms in total. The van der Waals surface area contributed by atoms with E-state index >= 15 is 0 Å². The van der Waals surface area contributed by atoms with E-state index in [4.69, 9.17) is 5.11 Å². The zero-order valence-electron chi connectivity index (χ0n) is 5.90.